The van der Waals surface area contributed by atoms with Gasteiger partial charge in [0.15, 0.2) is 0 Å². The van der Waals surface area contributed by atoms with Gasteiger partial charge in [-0.05, 0) is 72.9 Å². The van der Waals surface area contributed by atoms with Crippen molar-refractivity contribution in [2.45, 2.75) is 80.3 Å². The standard InChI is InChI=1S/2C26H25.C2H6Si.2ClH.Zr/c2*1-17(2)22-15-21-10-11-24(20-8-6-5-7-9-20)26(25(21)16-22)23-13-18(3)12-19(4)14-23;1-3-2;;;/h2*5-17H,1-4H3;1-2H3;2*1H;/q2*-1;;;;+4/p-2. The van der Waals surface area contributed by atoms with E-state index in [2.05, 4.69) is 214 Å². The Hall–Kier alpha value is -3.78. The van der Waals surface area contributed by atoms with Crippen LogP contribution in [0.15, 0.2) is 146 Å². The van der Waals surface area contributed by atoms with Crippen molar-refractivity contribution in [1.82, 2.24) is 0 Å². The van der Waals surface area contributed by atoms with Gasteiger partial charge in [0.05, 0.1) is 0 Å². The molecule has 0 heterocycles. The second-order valence-corrected chi connectivity index (χ2v) is 20.7. The van der Waals surface area contributed by atoms with E-state index in [0.29, 0.717) is 11.8 Å². The molecular weight excluding hydrogens is 839 g/mol. The van der Waals surface area contributed by atoms with Crippen LogP contribution >= 0.6 is 17.0 Å². The second-order valence-electron chi connectivity index (χ2n) is 15.9. The first-order valence-electron chi connectivity index (χ1n) is 20.2. The molecule has 0 saturated heterocycles. The van der Waals surface area contributed by atoms with Crippen LogP contribution < -0.4 is 0 Å². The summed E-state index contributed by atoms with van der Waals surface area (Å²) >= 11 is -0.826. The quantitative estimate of drug-likeness (QED) is 0.115. The van der Waals surface area contributed by atoms with Crippen LogP contribution in [0, 0.1) is 27.7 Å². The van der Waals surface area contributed by atoms with E-state index in [1.165, 1.54) is 99.4 Å². The van der Waals surface area contributed by atoms with Crippen molar-refractivity contribution in [2.24, 2.45) is 0 Å². The van der Waals surface area contributed by atoms with Crippen LogP contribution in [0.25, 0.3) is 66.1 Å². The fraction of sp³-hybridized carbons (Fsp3) is 0.222. The van der Waals surface area contributed by atoms with E-state index < -0.39 is 20.8 Å². The zero-order valence-electron chi connectivity index (χ0n) is 35.8. The van der Waals surface area contributed by atoms with E-state index in [-0.39, 0.29) is 0 Å². The number of hydrogen-bond acceptors (Lipinski definition) is 0. The number of aryl methyl sites for hydroxylation is 4. The van der Waals surface area contributed by atoms with Gasteiger partial charge in [0.25, 0.3) is 0 Å². The van der Waals surface area contributed by atoms with Crippen molar-refractivity contribution < 1.29 is 20.8 Å². The summed E-state index contributed by atoms with van der Waals surface area (Å²) in [5.74, 6) is 1.07. The predicted octanol–water partition coefficient (Wildman–Crippen LogP) is 17.4. The molecule has 0 nitrogen and oxygen atoms in total. The fourth-order valence-corrected chi connectivity index (χ4v) is 7.85. The molecule has 8 rings (SSSR count). The van der Waals surface area contributed by atoms with Gasteiger partial charge in [0.1, 0.15) is 0 Å². The average Bonchev–Trinajstić information content (AvgIpc) is 3.84. The number of hydrogen-bond donors (Lipinski definition) is 0. The first-order valence-corrected chi connectivity index (χ1v) is 28.5. The Labute approximate surface area is 369 Å². The van der Waals surface area contributed by atoms with Crippen LogP contribution in [0.5, 0.6) is 0 Å². The predicted molar refractivity (Wildman–Crippen MR) is 257 cm³/mol. The van der Waals surface area contributed by atoms with Gasteiger partial charge in [-0.3, -0.25) is 0 Å². The Morgan fingerprint density at radius 3 is 1.05 bits per heavy atom. The van der Waals surface area contributed by atoms with Crippen LogP contribution in [0.1, 0.15) is 72.9 Å². The van der Waals surface area contributed by atoms with Gasteiger partial charge in [-0.1, -0.05) is 183 Å². The van der Waals surface area contributed by atoms with Crippen molar-refractivity contribution in [3.05, 3.63) is 179 Å². The summed E-state index contributed by atoms with van der Waals surface area (Å²) in [7, 11) is 11.0. The van der Waals surface area contributed by atoms with Crippen LogP contribution in [-0.2, 0) is 20.8 Å². The molecule has 58 heavy (non-hydrogen) atoms. The van der Waals surface area contributed by atoms with Crippen LogP contribution in [-0.4, -0.2) is 9.52 Å². The van der Waals surface area contributed by atoms with E-state index in [0.717, 1.165) is 9.52 Å². The maximum atomic E-state index is 4.93. The average molecular weight is 895 g/mol. The molecule has 4 heteroatoms. The third kappa shape index (κ3) is 11.3. The molecule has 2 radical (unpaired) electrons. The fourth-order valence-electron chi connectivity index (χ4n) is 7.85. The zero-order chi connectivity index (χ0) is 41.9. The van der Waals surface area contributed by atoms with Crippen LogP contribution in [0.2, 0.25) is 13.1 Å². The monoisotopic (exact) mass is 892 g/mol. The van der Waals surface area contributed by atoms with Crippen LogP contribution in [0.4, 0.5) is 0 Å². The molecule has 8 aromatic carbocycles. The van der Waals surface area contributed by atoms with E-state index in [4.69, 9.17) is 17.0 Å². The van der Waals surface area contributed by atoms with E-state index in [1.807, 2.05) is 0 Å². The Morgan fingerprint density at radius 2 is 0.759 bits per heavy atom. The number of benzene rings is 6. The van der Waals surface area contributed by atoms with Crippen molar-refractivity contribution in [3.63, 3.8) is 0 Å². The normalized spacial score (nSPS) is 10.7. The SMILES string of the molecule is C[Si]C.Cc1cc(C)cc(-c2c(-c3ccccc3)ccc3[cH-]c(C(C)C)cc23)c1.Cc1cc(C)cc(-c2c(-c3ccccc3)ccc3[cH-]c(C(C)C)cc23)c1.[Cl][Zr+2][Cl]. The summed E-state index contributed by atoms with van der Waals surface area (Å²) < 4.78 is 0. The summed E-state index contributed by atoms with van der Waals surface area (Å²) in [6.07, 6.45) is 0. The van der Waals surface area contributed by atoms with Gasteiger partial charge in [0, 0.05) is 9.52 Å². The molecule has 0 saturated carbocycles. The van der Waals surface area contributed by atoms with E-state index in [1.54, 1.807) is 0 Å². The Kier molecular flexibility index (Phi) is 16.8. The van der Waals surface area contributed by atoms with E-state index >= 15 is 0 Å². The molecule has 0 fully saturated rings. The summed E-state index contributed by atoms with van der Waals surface area (Å²) in [5.41, 5.74) is 18.6. The first-order chi connectivity index (χ1) is 27.9. The minimum absolute atomic E-state index is 0.537. The summed E-state index contributed by atoms with van der Waals surface area (Å²) in [5, 5.41) is 5.39. The second kappa shape index (κ2) is 21.5. The summed E-state index contributed by atoms with van der Waals surface area (Å²) in [6, 6.07) is 53.8. The Balaban J connectivity index is 0.000000195. The van der Waals surface area contributed by atoms with Gasteiger partial charge in [-0.25, -0.2) is 0 Å². The van der Waals surface area contributed by atoms with Crippen molar-refractivity contribution in [1.29, 1.82) is 0 Å². The summed E-state index contributed by atoms with van der Waals surface area (Å²) in [6.45, 7) is 22.1. The first kappa shape index (κ1) is 45.3. The molecule has 0 bridgehead atoms. The summed E-state index contributed by atoms with van der Waals surface area (Å²) in [4.78, 5) is 0. The van der Waals surface area contributed by atoms with Gasteiger partial charge in [-0.2, -0.15) is 12.1 Å². The van der Waals surface area contributed by atoms with Gasteiger partial charge >= 0.3 is 37.9 Å². The van der Waals surface area contributed by atoms with Crippen molar-refractivity contribution in [2.75, 3.05) is 0 Å². The molecule has 0 aromatic heterocycles. The van der Waals surface area contributed by atoms with Gasteiger partial charge < -0.3 is 0 Å². The molecule has 0 aliphatic carbocycles. The third-order valence-corrected chi connectivity index (χ3v) is 10.3. The number of halogens is 2. The van der Waals surface area contributed by atoms with Crippen molar-refractivity contribution in [3.8, 4) is 44.5 Å². The molecule has 0 aliphatic heterocycles. The molecule has 294 valence electrons. The molecule has 0 spiro atoms. The van der Waals surface area contributed by atoms with E-state index in [9.17, 15) is 0 Å². The Morgan fingerprint density at radius 1 is 0.448 bits per heavy atom. The zero-order valence-corrected chi connectivity index (χ0v) is 40.7. The third-order valence-electron chi connectivity index (χ3n) is 10.3. The molecule has 0 aliphatic rings. The minimum atomic E-state index is -0.826. The molecule has 0 N–H and O–H groups in total. The topological polar surface area (TPSA) is 0 Å². The van der Waals surface area contributed by atoms with Crippen molar-refractivity contribution >= 4 is 48.1 Å². The number of rotatable bonds is 6. The number of fused-ring (bicyclic) bond motifs is 2. The molecule has 8 aromatic rings. The van der Waals surface area contributed by atoms with Gasteiger partial charge in [0.2, 0.25) is 0 Å². The molecule has 0 unspecified atom stereocenters. The van der Waals surface area contributed by atoms with Crippen LogP contribution in [0.3, 0.4) is 0 Å². The molecule has 0 amide bonds. The molecular formula is C54H56Cl2SiZr. The van der Waals surface area contributed by atoms with Gasteiger partial charge in [-0.15, -0.1) is 56.9 Å². The molecule has 0 atom stereocenters. The maximum absolute atomic E-state index is 4.93. The Bertz CT molecular complexity index is 2320.